The fraction of sp³-hybridized carbons (Fsp3) is 0.316. The third kappa shape index (κ3) is 3.73. The van der Waals surface area contributed by atoms with Gasteiger partial charge in [0.15, 0.2) is 10.9 Å². The largest absolute Gasteiger partial charge is 0.303 e. The van der Waals surface area contributed by atoms with Crippen LogP contribution < -0.4 is 0 Å². The molecule has 0 N–H and O–H groups in total. The Kier molecular flexibility index (Phi) is 4.91. The van der Waals surface area contributed by atoms with Crippen LogP contribution in [0.5, 0.6) is 0 Å². The van der Waals surface area contributed by atoms with Crippen molar-refractivity contribution in [3.8, 4) is 0 Å². The first-order valence-corrected chi connectivity index (χ1v) is 10.3. The van der Waals surface area contributed by atoms with Crippen LogP contribution in [0.15, 0.2) is 46.9 Å². The average Bonchev–Trinajstić information content (AvgIpc) is 3.20. The number of aromatic nitrogens is 3. The van der Waals surface area contributed by atoms with Crippen LogP contribution in [0.3, 0.4) is 0 Å². The van der Waals surface area contributed by atoms with Crippen molar-refractivity contribution in [1.29, 1.82) is 0 Å². The highest BCUT2D eigenvalue weighted by atomic mass is 32.2. The number of thiophene rings is 1. The molecule has 1 aromatic carbocycles. The minimum absolute atomic E-state index is 0.0276. The Labute approximate surface area is 159 Å². The first-order chi connectivity index (χ1) is 12.6. The van der Waals surface area contributed by atoms with Gasteiger partial charge in [0, 0.05) is 22.9 Å². The number of carbonyl (C=O) groups excluding carboxylic acids is 1. The van der Waals surface area contributed by atoms with Gasteiger partial charge in [-0.25, -0.2) is 4.39 Å². The Morgan fingerprint density at radius 2 is 2.08 bits per heavy atom. The van der Waals surface area contributed by atoms with E-state index in [1.165, 1.54) is 40.9 Å². The topological polar surface area (TPSA) is 47.8 Å². The van der Waals surface area contributed by atoms with Gasteiger partial charge in [0.25, 0.3) is 0 Å². The standard InChI is InChI=1S/C19H18FN3OS2/c1-12(18(24)13-4-6-14(20)7-5-13)26-19-22-21-17(23(19)15-8-9-15)11-16-3-2-10-25-16/h2-7,10,12,15H,8-9,11H2,1H3/t12-/m0/s1. The summed E-state index contributed by atoms with van der Waals surface area (Å²) in [5, 5.41) is 11.3. The maximum atomic E-state index is 13.1. The minimum atomic E-state index is -0.339. The predicted molar refractivity (Wildman–Crippen MR) is 101 cm³/mol. The molecule has 3 aromatic rings. The van der Waals surface area contributed by atoms with Crippen LogP contribution >= 0.6 is 23.1 Å². The van der Waals surface area contributed by atoms with Crippen LogP contribution in [-0.4, -0.2) is 25.8 Å². The predicted octanol–water partition coefficient (Wildman–Crippen LogP) is 4.77. The number of halogens is 1. The Hall–Kier alpha value is -1.99. The molecule has 1 atom stereocenters. The van der Waals surface area contributed by atoms with Crippen LogP contribution in [0.1, 0.15) is 46.9 Å². The third-order valence-corrected chi connectivity index (χ3v) is 6.27. The Balaban J connectivity index is 1.53. The SMILES string of the molecule is C[C@H](Sc1nnc(Cc2cccs2)n1C1CC1)C(=O)c1ccc(F)cc1. The molecule has 1 fully saturated rings. The van der Waals surface area contributed by atoms with Crippen molar-refractivity contribution in [3.63, 3.8) is 0 Å². The van der Waals surface area contributed by atoms with E-state index in [-0.39, 0.29) is 16.9 Å². The van der Waals surface area contributed by atoms with Crippen molar-refractivity contribution < 1.29 is 9.18 Å². The van der Waals surface area contributed by atoms with E-state index in [9.17, 15) is 9.18 Å². The quantitative estimate of drug-likeness (QED) is 0.433. The Morgan fingerprint density at radius 1 is 1.31 bits per heavy atom. The molecule has 0 spiro atoms. The molecule has 1 saturated carbocycles. The number of nitrogens with zero attached hydrogens (tertiary/aromatic N) is 3. The van der Waals surface area contributed by atoms with Crippen molar-refractivity contribution >= 4 is 28.9 Å². The average molecular weight is 388 g/mol. The van der Waals surface area contributed by atoms with Crippen molar-refractivity contribution in [2.24, 2.45) is 0 Å². The second-order valence-corrected chi connectivity index (χ2v) is 8.73. The molecule has 0 unspecified atom stereocenters. The molecule has 0 amide bonds. The van der Waals surface area contributed by atoms with Gasteiger partial charge in [-0.15, -0.1) is 21.5 Å². The molecule has 7 heteroatoms. The van der Waals surface area contributed by atoms with Gasteiger partial charge in [-0.05, 0) is 55.5 Å². The van der Waals surface area contributed by atoms with Gasteiger partial charge >= 0.3 is 0 Å². The highest BCUT2D eigenvalue weighted by Gasteiger charge is 2.31. The summed E-state index contributed by atoms with van der Waals surface area (Å²) in [4.78, 5) is 13.9. The molecule has 0 bridgehead atoms. The monoisotopic (exact) mass is 387 g/mol. The molecule has 4 rings (SSSR count). The van der Waals surface area contributed by atoms with Gasteiger partial charge in [0.05, 0.1) is 5.25 Å². The Morgan fingerprint density at radius 3 is 2.73 bits per heavy atom. The number of benzene rings is 1. The van der Waals surface area contributed by atoms with E-state index in [0.29, 0.717) is 11.6 Å². The number of carbonyl (C=O) groups is 1. The summed E-state index contributed by atoms with van der Waals surface area (Å²) in [5.41, 5.74) is 0.516. The summed E-state index contributed by atoms with van der Waals surface area (Å²) in [6.45, 7) is 1.86. The number of hydrogen-bond donors (Lipinski definition) is 0. The summed E-state index contributed by atoms with van der Waals surface area (Å²) in [7, 11) is 0. The lowest BCUT2D eigenvalue weighted by Gasteiger charge is -2.12. The van der Waals surface area contributed by atoms with Gasteiger partial charge in [-0.3, -0.25) is 4.79 Å². The first kappa shape index (κ1) is 17.4. The number of thioether (sulfide) groups is 1. The summed E-state index contributed by atoms with van der Waals surface area (Å²) in [6, 6.07) is 10.3. The number of rotatable bonds is 7. The van der Waals surface area contributed by atoms with Gasteiger partial charge in [0.1, 0.15) is 11.6 Å². The zero-order valence-electron chi connectivity index (χ0n) is 14.3. The maximum Gasteiger partial charge on any atom is 0.192 e. The zero-order valence-corrected chi connectivity index (χ0v) is 15.9. The molecule has 0 saturated heterocycles. The molecule has 134 valence electrons. The van der Waals surface area contributed by atoms with Gasteiger partial charge in [-0.1, -0.05) is 17.8 Å². The van der Waals surface area contributed by atoms with Gasteiger partial charge in [0.2, 0.25) is 0 Å². The van der Waals surface area contributed by atoms with E-state index in [1.807, 2.05) is 13.0 Å². The fourth-order valence-corrected chi connectivity index (χ4v) is 4.55. The summed E-state index contributed by atoms with van der Waals surface area (Å²) < 4.78 is 15.3. The Bertz CT molecular complexity index is 902. The molecule has 2 heterocycles. The molecule has 1 aliphatic rings. The number of hydrogen-bond acceptors (Lipinski definition) is 5. The molecular weight excluding hydrogens is 369 g/mol. The molecule has 2 aromatic heterocycles. The van der Waals surface area contributed by atoms with Crippen molar-refractivity contribution in [3.05, 3.63) is 63.9 Å². The lowest BCUT2D eigenvalue weighted by molar-refractivity contribution is 0.0994. The van der Waals surface area contributed by atoms with Crippen molar-refractivity contribution in [1.82, 2.24) is 14.8 Å². The smallest absolute Gasteiger partial charge is 0.192 e. The molecular formula is C19H18FN3OS2. The lowest BCUT2D eigenvalue weighted by atomic mass is 10.1. The number of ketones is 1. The second-order valence-electron chi connectivity index (χ2n) is 6.39. The van der Waals surface area contributed by atoms with Crippen LogP contribution in [0, 0.1) is 5.82 Å². The first-order valence-electron chi connectivity index (χ1n) is 8.54. The van der Waals surface area contributed by atoms with E-state index in [2.05, 4.69) is 26.2 Å². The third-order valence-electron chi connectivity index (χ3n) is 4.34. The molecule has 0 radical (unpaired) electrons. The van der Waals surface area contributed by atoms with E-state index in [0.717, 1.165) is 30.2 Å². The van der Waals surface area contributed by atoms with E-state index in [4.69, 9.17) is 0 Å². The highest BCUT2D eigenvalue weighted by molar-refractivity contribution is 8.00. The van der Waals surface area contributed by atoms with Crippen LogP contribution in [0.4, 0.5) is 4.39 Å². The van der Waals surface area contributed by atoms with Crippen LogP contribution in [0.25, 0.3) is 0 Å². The van der Waals surface area contributed by atoms with Crippen molar-refractivity contribution in [2.75, 3.05) is 0 Å². The lowest BCUT2D eigenvalue weighted by Crippen LogP contribution is -2.15. The minimum Gasteiger partial charge on any atom is -0.303 e. The van der Waals surface area contributed by atoms with E-state index < -0.39 is 0 Å². The van der Waals surface area contributed by atoms with E-state index >= 15 is 0 Å². The van der Waals surface area contributed by atoms with Crippen LogP contribution in [-0.2, 0) is 6.42 Å². The maximum absolute atomic E-state index is 13.1. The fourth-order valence-electron chi connectivity index (χ4n) is 2.84. The summed E-state index contributed by atoms with van der Waals surface area (Å²) >= 11 is 3.14. The number of Topliss-reactive ketones (excluding diaryl/α,β-unsaturated/α-hetero) is 1. The normalized spacial score (nSPS) is 15.2. The second kappa shape index (κ2) is 7.32. The molecule has 4 nitrogen and oxygen atoms in total. The summed E-state index contributed by atoms with van der Waals surface area (Å²) in [6.07, 6.45) is 3.02. The van der Waals surface area contributed by atoms with E-state index in [1.54, 1.807) is 11.3 Å². The zero-order chi connectivity index (χ0) is 18.1. The van der Waals surface area contributed by atoms with Crippen molar-refractivity contribution in [2.45, 2.75) is 42.6 Å². The van der Waals surface area contributed by atoms with Crippen LogP contribution in [0.2, 0.25) is 0 Å². The summed E-state index contributed by atoms with van der Waals surface area (Å²) in [5.74, 6) is 0.590. The highest BCUT2D eigenvalue weighted by Crippen LogP contribution is 2.40. The van der Waals surface area contributed by atoms with Gasteiger partial charge < -0.3 is 4.57 Å². The molecule has 26 heavy (non-hydrogen) atoms. The van der Waals surface area contributed by atoms with Gasteiger partial charge in [-0.2, -0.15) is 0 Å². The molecule has 0 aliphatic heterocycles. The molecule has 1 aliphatic carbocycles.